The molecule has 0 N–H and O–H groups in total. The highest BCUT2D eigenvalue weighted by molar-refractivity contribution is 5.39. The number of para-hydroxylation sites is 2. The van der Waals surface area contributed by atoms with Gasteiger partial charge in [0, 0.05) is 0 Å². The number of hydrogen-bond donors (Lipinski definition) is 0. The molecule has 0 radical (unpaired) electrons. The van der Waals surface area contributed by atoms with Crippen LogP contribution in [-0.2, 0) is 0 Å². The van der Waals surface area contributed by atoms with Gasteiger partial charge >= 0.3 is 0 Å². The first-order valence-electron chi connectivity index (χ1n) is 22.2. The molecule has 1 aromatic rings. The van der Waals surface area contributed by atoms with E-state index in [9.17, 15) is 0 Å². The second kappa shape index (κ2) is 38.6. The Morgan fingerprint density at radius 1 is 0.271 bits per heavy atom. The summed E-state index contributed by atoms with van der Waals surface area (Å²) < 4.78 is 12.3. The Balaban J connectivity index is 1.84. The molecule has 0 atom stereocenters. The van der Waals surface area contributed by atoms with Crippen LogP contribution in [-0.4, -0.2) is 13.2 Å². The molecule has 48 heavy (non-hydrogen) atoms. The normalized spacial score (nSPS) is 11.4. The summed E-state index contributed by atoms with van der Waals surface area (Å²) in [6, 6.07) is 8.27. The molecule has 0 aliphatic carbocycles. The largest absolute Gasteiger partial charge is 0.490 e. The molecule has 2 heteroatoms. The Morgan fingerprint density at radius 3 is 0.667 bits per heavy atom. The van der Waals surface area contributed by atoms with Crippen LogP contribution >= 0.6 is 0 Å². The van der Waals surface area contributed by atoms with Crippen LogP contribution < -0.4 is 9.47 Å². The van der Waals surface area contributed by atoms with E-state index in [-0.39, 0.29) is 0 Å². The van der Waals surface area contributed by atoms with Crippen LogP contribution in [0.3, 0.4) is 0 Å². The standard InChI is InChI=1S/C46H86O2/c1-3-5-7-9-11-13-15-17-19-21-23-25-27-29-31-33-35-39-43-47-45-41-37-38-42-46(45)48-44-40-36-34-32-30-28-26-24-22-20-18-16-14-12-10-8-6-4-2/h37-38,41-42H,3-36,39-40,43-44H2,1-2H3. The van der Waals surface area contributed by atoms with E-state index >= 15 is 0 Å². The lowest BCUT2D eigenvalue weighted by molar-refractivity contribution is 0.258. The van der Waals surface area contributed by atoms with Gasteiger partial charge in [0.05, 0.1) is 13.2 Å². The Morgan fingerprint density at radius 2 is 0.458 bits per heavy atom. The molecule has 2 nitrogen and oxygen atoms in total. The van der Waals surface area contributed by atoms with Gasteiger partial charge < -0.3 is 9.47 Å². The fourth-order valence-electron chi connectivity index (χ4n) is 7.06. The number of unbranched alkanes of at least 4 members (excludes halogenated alkanes) is 34. The van der Waals surface area contributed by atoms with Crippen molar-refractivity contribution in [3.05, 3.63) is 24.3 Å². The lowest BCUT2D eigenvalue weighted by Gasteiger charge is -2.12. The number of rotatable bonds is 40. The first-order valence-corrected chi connectivity index (χ1v) is 22.2. The van der Waals surface area contributed by atoms with Crippen molar-refractivity contribution >= 4 is 0 Å². The minimum Gasteiger partial charge on any atom is -0.490 e. The van der Waals surface area contributed by atoms with Crippen LogP contribution in [0.5, 0.6) is 11.5 Å². The molecule has 0 bridgehead atoms. The van der Waals surface area contributed by atoms with Gasteiger partial charge in [-0.05, 0) is 25.0 Å². The lowest BCUT2D eigenvalue weighted by atomic mass is 10.0. The van der Waals surface area contributed by atoms with Crippen LogP contribution in [0.4, 0.5) is 0 Å². The van der Waals surface area contributed by atoms with Gasteiger partial charge in [-0.1, -0.05) is 244 Å². The van der Waals surface area contributed by atoms with Gasteiger partial charge in [-0.3, -0.25) is 0 Å². The quantitative estimate of drug-likeness (QED) is 0.0647. The van der Waals surface area contributed by atoms with Gasteiger partial charge in [0.25, 0.3) is 0 Å². The fraction of sp³-hybridized carbons (Fsp3) is 0.870. The summed E-state index contributed by atoms with van der Waals surface area (Å²) in [5.41, 5.74) is 0. The van der Waals surface area contributed by atoms with Crippen LogP contribution in [0.15, 0.2) is 24.3 Å². The molecule has 0 fully saturated rings. The van der Waals surface area contributed by atoms with E-state index in [1.165, 1.54) is 218 Å². The fourth-order valence-corrected chi connectivity index (χ4v) is 7.06. The van der Waals surface area contributed by atoms with Gasteiger partial charge in [-0.2, -0.15) is 0 Å². The highest BCUT2D eigenvalue weighted by Gasteiger charge is 2.04. The summed E-state index contributed by atoms with van der Waals surface area (Å²) in [6.07, 6.45) is 50.7. The lowest BCUT2D eigenvalue weighted by Crippen LogP contribution is -2.02. The molecule has 0 aliphatic heterocycles. The van der Waals surface area contributed by atoms with E-state index < -0.39 is 0 Å². The van der Waals surface area contributed by atoms with Crippen LogP contribution in [0, 0.1) is 0 Å². The minimum atomic E-state index is 0.804. The molecule has 0 saturated carbocycles. The van der Waals surface area contributed by atoms with E-state index in [1.54, 1.807) is 0 Å². The monoisotopic (exact) mass is 671 g/mol. The number of hydrogen-bond acceptors (Lipinski definition) is 2. The van der Waals surface area contributed by atoms with E-state index in [1.807, 2.05) is 0 Å². The van der Waals surface area contributed by atoms with Gasteiger partial charge in [0.2, 0.25) is 0 Å². The summed E-state index contributed by atoms with van der Waals surface area (Å²) in [7, 11) is 0. The molecule has 0 spiro atoms. The molecule has 0 amide bonds. The summed E-state index contributed by atoms with van der Waals surface area (Å²) in [5, 5.41) is 0. The van der Waals surface area contributed by atoms with Gasteiger partial charge in [0.1, 0.15) is 0 Å². The third-order valence-electron chi connectivity index (χ3n) is 10.4. The van der Waals surface area contributed by atoms with Crippen molar-refractivity contribution in [3.63, 3.8) is 0 Å². The third kappa shape index (κ3) is 32.0. The molecule has 0 unspecified atom stereocenters. The highest BCUT2D eigenvalue weighted by atomic mass is 16.5. The maximum Gasteiger partial charge on any atom is 0.161 e. The molecule has 1 rings (SSSR count). The average Bonchev–Trinajstić information content (AvgIpc) is 3.10. The highest BCUT2D eigenvalue weighted by Crippen LogP contribution is 2.27. The minimum absolute atomic E-state index is 0.804. The van der Waals surface area contributed by atoms with Gasteiger partial charge in [0.15, 0.2) is 11.5 Å². The molecular weight excluding hydrogens is 585 g/mol. The average molecular weight is 671 g/mol. The van der Waals surface area contributed by atoms with Gasteiger partial charge in [-0.25, -0.2) is 0 Å². The van der Waals surface area contributed by atoms with Crippen molar-refractivity contribution in [2.45, 2.75) is 245 Å². The van der Waals surface area contributed by atoms with E-state index in [4.69, 9.17) is 9.47 Å². The SMILES string of the molecule is CCCCCCCCCCCCCCCCCCCCOc1ccccc1OCCCCCCCCCCCCCCCCCCCC. The molecule has 282 valence electrons. The Hall–Kier alpha value is -1.18. The van der Waals surface area contributed by atoms with Crippen molar-refractivity contribution in [2.24, 2.45) is 0 Å². The number of benzene rings is 1. The molecule has 0 saturated heterocycles. The summed E-state index contributed by atoms with van der Waals surface area (Å²) in [6.45, 7) is 6.21. The van der Waals surface area contributed by atoms with Crippen LogP contribution in [0.25, 0.3) is 0 Å². The molecule has 0 heterocycles. The van der Waals surface area contributed by atoms with Crippen molar-refractivity contribution < 1.29 is 9.47 Å². The molecular formula is C46H86O2. The first-order chi connectivity index (χ1) is 23.9. The second-order valence-electron chi connectivity index (χ2n) is 15.2. The van der Waals surface area contributed by atoms with Crippen LogP contribution in [0.2, 0.25) is 0 Å². The van der Waals surface area contributed by atoms with Crippen molar-refractivity contribution in [3.8, 4) is 11.5 Å². The zero-order valence-corrected chi connectivity index (χ0v) is 33.0. The van der Waals surface area contributed by atoms with E-state index in [0.29, 0.717) is 0 Å². The predicted molar refractivity (Wildman–Crippen MR) is 215 cm³/mol. The van der Waals surface area contributed by atoms with Crippen LogP contribution in [0.1, 0.15) is 245 Å². The summed E-state index contributed by atoms with van der Waals surface area (Å²) in [5.74, 6) is 1.85. The maximum atomic E-state index is 6.13. The Kier molecular flexibility index (Phi) is 36.1. The summed E-state index contributed by atoms with van der Waals surface area (Å²) in [4.78, 5) is 0. The second-order valence-corrected chi connectivity index (χ2v) is 15.2. The summed E-state index contributed by atoms with van der Waals surface area (Å²) >= 11 is 0. The smallest absolute Gasteiger partial charge is 0.161 e. The number of ether oxygens (including phenoxy) is 2. The zero-order valence-electron chi connectivity index (χ0n) is 33.0. The first kappa shape index (κ1) is 44.8. The third-order valence-corrected chi connectivity index (χ3v) is 10.4. The molecule has 1 aromatic carbocycles. The maximum absolute atomic E-state index is 6.13. The Labute approximate surface area is 302 Å². The molecule has 0 aromatic heterocycles. The van der Waals surface area contributed by atoms with Crippen molar-refractivity contribution in [2.75, 3.05) is 13.2 Å². The topological polar surface area (TPSA) is 18.5 Å². The zero-order chi connectivity index (χ0) is 34.3. The van der Waals surface area contributed by atoms with Crippen molar-refractivity contribution in [1.29, 1.82) is 0 Å². The van der Waals surface area contributed by atoms with E-state index in [0.717, 1.165) is 37.6 Å². The van der Waals surface area contributed by atoms with E-state index in [2.05, 4.69) is 38.1 Å². The molecule has 0 aliphatic rings. The van der Waals surface area contributed by atoms with Gasteiger partial charge in [-0.15, -0.1) is 0 Å². The van der Waals surface area contributed by atoms with Crippen molar-refractivity contribution in [1.82, 2.24) is 0 Å². The predicted octanol–water partition coefficient (Wildman–Crippen LogP) is 16.5. The Bertz CT molecular complexity index is 669.